The van der Waals surface area contributed by atoms with Crippen LogP contribution in [0, 0.1) is 10.1 Å². The number of anilines is 1. The van der Waals surface area contributed by atoms with Crippen LogP contribution in [0.2, 0.25) is 0 Å². The van der Waals surface area contributed by atoms with Gasteiger partial charge in [0.1, 0.15) is 5.69 Å². The highest BCUT2D eigenvalue weighted by molar-refractivity contribution is 6.03. The molecule has 0 spiro atoms. The second kappa shape index (κ2) is 6.10. The summed E-state index contributed by atoms with van der Waals surface area (Å²) in [6.45, 7) is 0. The molecule has 0 fully saturated rings. The van der Waals surface area contributed by atoms with E-state index in [-0.39, 0.29) is 11.4 Å². The van der Waals surface area contributed by atoms with Crippen molar-refractivity contribution in [2.24, 2.45) is 0 Å². The van der Waals surface area contributed by atoms with Crippen LogP contribution in [-0.2, 0) is 0 Å². The first-order valence-electron chi connectivity index (χ1n) is 6.80. The van der Waals surface area contributed by atoms with Crippen LogP contribution in [0.5, 0.6) is 0 Å². The summed E-state index contributed by atoms with van der Waals surface area (Å²) >= 11 is 0. The Balaban J connectivity index is 1.78. The molecule has 0 unspecified atom stereocenters. The van der Waals surface area contributed by atoms with Gasteiger partial charge in [0.05, 0.1) is 10.6 Å². The second-order valence-corrected chi connectivity index (χ2v) is 4.79. The maximum atomic E-state index is 12.2. The zero-order valence-corrected chi connectivity index (χ0v) is 11.9. The number of hydrogen-bond donors (Lipinski definition) is 2. The molecule has 0 saturated heterocycles. The summed E-state index contributed by atoms with van der Waals surface area (Å²) in [7, 11) is 0. The fourth-order valence-corrected chi connectivity index (χ4v) is 2.09. The Labute approximate surface area is 131 Å². The number of nitrogens with one attached hydrogen (secondary N) is 2. The summed E-state index contributed by atoms with van der Waals surface area (Å²) in [6, 6.07) is 16.8. The van der Waals surface area contributed by atoms with Crippen molar-refractivity contribution in [1.82, 2.24) is 10.2 Å². The van der Waals surface area contributed by atoms with Crippen molar-refractivity contribution < 1.29 is 9.72 Å². The van der Waals surface area contributed by atoms with Gasteiger partial charge in [-0.3, -0.25) is 20.0 Å². The van der Waals surface area contributed by atoms with Crippen LogP contribution >= 0.6 is 0 Å². The molecule has 3 rings (SSSR count). The summed E-state index contributed by atoms with van der Waals surface area (Å²) < 4.78 is 0. The van der Waals surface area contributed by atoms with Crippen LogP contribution in [-0.4, -0.2) is 21.0 Å². The number of nitro groups is 1. The number of carbonyl (C=O) groups excluding carboxylic acids is 1. The first-order chi connectivity index (χ1) is 11.1. The molecule has 1 aromatic heterocycles. The van der Waals surface area contributed by atoms with Crippen molar-refractivity contribution >= 4 is 17.3 Å². The first kappa shape index (κ1) is 14.5. The van der Waals surface area contributed by atoms with Crippen molar-refractivity contribution in [3.8, 4) is 11.3 Å². The smallest absolute Gasteiger partial charge is 0.273 e. The van der Waals surface area contributed by atoms with Gasteiger partial charge in [-0.1, -0.05) is 36.4 Å². The molecule has 1 amide bonds. The maximum absolute atomic E-state index is 12.2. The SMILES string of the molecule is O=C(Nc1cccc([N+](=O)[O-])c1)c1cc(-c2ccccc2)n[nH]1. The maximum Gasteiger partial charge on any atom is 0.273 e. The molecule has 3 aromatic rings. The molecular formula is C16H12N4O3. The summed E-state index contributed by atoms with van der Waals surface area (Å²) in [6.07, 6.45) is 0. The molecule has 1 heterocycles. The van der Waals surface area contributed by atoms with Gasteiger partial charge in [0.2, 0.25) is 0 Å². The van der Waals surface area contributed by atoms with Crippen LogP contribution in [0.15, 0.2) is 60.7 Å². The zero-order chi connectivity index (χ0) is 16.2. The van der Waals surface area contributed by atoms with E-state index in [1.165, 1.54) is 18.2 Å². The number of nitro benzene ring substituents is 1. The lowest BCUT2D eigenvalue weighted by Crippen LogP contribution is -2.12. The molecule has 2 N–H and O–H groups in total. The van der Waals surface area contributed by atoms with Crippen LogP contribution < -0.4 is 5.32 Å². The fraction of sp³-hybridized carbons (Fsp3) is 0. The van der Waals surface area contributed by atoms with Gasteiger partial charge in [-0.15, -0.1) is 0 Å². The van der Waals surface area contributed by atoms with Crippen molar-refractivity contribution in [3.63, 3.8) is 0 Å². The Morgan fingerprint density at radius 3 is 2.61 bits per heavy atom. The van der Waals surface area contributed by atoms with Crippen molar-refractivity contribution in [1.29, 1.82) is 0 Å². The van der Waals surface area contributed by atoms with Gasteiger partial charge in [0.25, 0.3) is 11.6 Å². The van der Waals surface area contributed by atoms with E-state index in [0.717, 1.165) is 5.56 Å². The summed E-state index contributed by atoms with van der Waals surface area (Å²) in [5.74, 6) is -0.417. The number of aromatic amines is 1. The van der Waals surface area contributed by atoms with Crippen molar-refractivity contribution in [2.45, 2.75) is 0 Å². The minimum absolute atomic E-state index is 0.0858. The van der Waals surface area contributed by atoms with E-state index in [0.29, 0.717) is 11.4 Å². The zero-order valence-electron chi connectivity index (χ0n) is 11.9. The molecule has 23 heavy (non-hydrogen) atoms. The third-order valence-corrected chi connectivity index (χ3v) is 3.21. The highest BCUT2D eigenvalue weighted by Gasteiger charge is 2.13. The lowest BCUT2D eigenvalue weighted by molar-refractivity contribution is -0.384. The van der Waals surface area contributed by atoms with Gasteiger partial charge in [0.15, 0.2) is 0 Å². The number of H-pyrrole nitrogens is 1. The van der Waals surface area contributed by atoms with Crippen LogP contribution in [0.3, 0.4) is 0 Å². The van der Waals surface area contributed by atoms with E-state index >= 15 is 0 Å². The lowest BCUT2D eigenvalue weighted by atomic mass is 10.1. The largest absolute Gasteiger partial charge is 0.320 e. The summed E-state index contributed by atoms with van der Waals surface area (Å²) in [5.41, 5.74) is 2.07. The van der Waals surface area contributed by atoms with Crippen LogP contribution in [0.4, 0.5) is 11.4 Å². The third kappa shape index (κ3) is 3.24. The van der Waals surface area contributed by atoms with Gasteiger partial charge in [0, 0.05) is 23.4 Å². The van der Waals surface area contributed by atoms with Gasteiger partial charge in [-0.05, 0) is 12.1 Å². The number of amides is 1. The van der Waals surface area contributed by atoms with Crippen LogP contribution in [0.1, 0.15) is 10.5 Å². The van der Waals surface area contributed by atoms with Gasteiger partial charge in [-0.2, -0.15) is 5.10 Å². The molecule has 2 aromatic carbocycles. The van der Waals surface area contributed by atoms with E-state index in [1.807, 2.05) is 30.3 Å². The highest BCUT2D eigenvalue weighted by atomic mass is 16.6. The molecule has 7 nitrogen and oxygen atoms in total. The predicted molar refractivity (Wildman–Crippen MR) is 85.1 cm³/mol. The first-order valence-corrected chi connectivity index (χ1v) is 6.80. The second-order valence-electron chi connectivity index (χ2n) is 4.79. The monoisotopic (exact) mass is 308 g/mol. The Hall–Kier alpha value is -3.48. The minimum Gasteiger partial charge on any atom is -0.320 e. The minimum atomic E-state index is -0.515. The topological polar surface area (TPSA) is 101 Å². The average Bonchev–Trinajstić information content (AvgIpc) is 3.06. The Kier molecular flexibility index (Phi) is 3.84. The van der Waals surface area contributed by atoms with Crippen molar-refractivity contribution in [3.05, 3.63) is 76.5 Å². The van der Waals surface area contributed by atoms with Gasteiger partial charge >= 0.3 is 0 Å². The summed E-state index contributed by atoms with van der Waals surface area (Å²) in [4.78, 5) is 22.4. The fourth-order valence-electron chi connectivity index (χ4n) is 2.09. The number of benzene rings is 2. The molecule has 7 heteroatoms. The highest BCUT2D eigenvalue weighted by Crippen LogP contribution is 2.19. The van der Waals surface area contributed by atoms with E-state index in [9.17, 15) is 14.9 Å². The molecule has 114 valence electrons. The van der Waals surface area contributed by atoms with Gasteiger partial charge in [-0.25, -0.2) is 0 Å². The molecule has 0 radical (unpaired) electrons. The quantitative estimate of drug-likeness (QED) is 0.570. The molecule has 0 saturated carbocycles. The van der Waals surface area contributed by atoms with Crippen molar-refractivity contribution in [2.75, 3.05) is 5.32 Å². The molecular weight excluding hydrogens is 296 g/mol. The van der Waals surface area contributed by atoms with Gasteiger partial charge < -0.3 is 5.32 Å². The standard InChI is InChI=1S/C16H12N4O3/c21-16(17-12-7-4-8-13(9-12)20(22)23)15-10-14(18-19-15)11-5-2-1-3-6-11/h1-10H,(H,17,21)(H,18,19). The van der Waals surface area contributed by atoms with Crippen LogP contribution in [0.25, 0.3) is 11.3 Å². The number of non-ortho nitro benzene ring substituents is 1. The van der Waals surface area contributed by atoms with E-state index in [1.54, 1.807) is 12.1 Å². The number of aromatic nitrogens is 2. The Morgan fingerprint density at radius 1 is 1.09 bits per heavy atom. The number of carbonyl (C=O) groups is 1. The predicted octanol–water partition coefficient (Wildman–Crippen LogP) is 3.24. The molecule has 0 atom stereocenters. The normalized spacial score (nSPS) is 10.3. The van der Waals surface area contributed by atoms with E-state index < -0.39 is 10.8 Å². The number of hydrogen-bond acceptors (Lipinski definition) is 4. The molecule has 0 bridgehead atoms. The lowest BCUT2D eigenvalue weighted by Gasteiger charge is -2.02. The summed E-state index contributed by atoms with van der Waals surface area (Å²) in [5, 5.41) is 20.1. The molecule has 0 aliphatic heterocycles. The average molecular weight is 308 g/mol. The number of nitrogens with zero attached hydrogens (tertiary/aromatic N) is 2. The Bertz CT molecular complexity index is 859. The molecule has 0 aliphatic rings. The molecule has 0 aliphatic carbocycles. The Morgan fingerprint density at radius 2 is 1.87 bits per heavy atom. The van der Waals surface area contributed by atoms with E-state index in [2.05, 4.69) is 15.5 Å². The van der Waals surface area contributed by atoms with E-state index in [4.69, 9.17) is 0 Å². The number of rotatable bonds is 4. The third-order valence-electron chi connectivity index (χ3n) is 3.21.